The summed E-state index contributed by atoms with van der Waals surface area (Å²) in [6.07, 6.45) is 73.3. The highest BCUT2D eigenvalue weighted by molar-refractivity contribution is 5.77. The van der Waals surface area contributed by atoms with Crippen molar-refractivity contribution in [2.75, 3.05) is 6.61 Å². The molecule has 68 heavy (non-hydrogen) atoms. The Labute approximate surface area is 420 Å². The summed E-state index contributed by atoms with van der Waals surface area (Å²) in [6.45, 7) is 6.33. The number of hydrogen-bond acceptors (Lipinski definition) is 5. The number of esters is 1. The first-order valence-electron chi connectivity index (χ1n) is 28.5. The monoisotopic (exact) mass is 946 g/mol. The van der Waals surface area contributed by atoms with E-state index >= 15 is 0 Å². The van der Waals surface area contributed by atoms with Crippen molar-refractivity contribution in [3.05, 3.63) is 97.2 Å². The normalized spacial score (nSPS) is 13.9. The smallest absolute Gasteiger partial charge is 0.306 e. The van der Waals surface area contributed by atoms with E-state index in [0.717, 1.165) is 109 Å². The molecule has 3 N–H and O–H groups in total. The van der Waals surface area contributed by atoms with E-state index in [0.29, 0.717) is 19.3 Å². The van der Waals surface area contributed by atoms with E-state index in [1.54, 1.807) is 0 Å². The first kappa shape index (κ1) is 64.8. The number of aliphatic hydroxyl groups is 2. The maximum atomic E-state index is 13.3. The second kappa shape index (κ2) is 54.7. The van der Waals surface area contributed by atoms with Crippen LogP contribution in [0.3, 0.4) is 0 Å². The van der Waals surface area contributed by atoms with Crippen LogP contribution in [0, 0.1) is 0 Å². The van der Waals surface area contributed by atoms with Gasteiger partial charge in [0.1, 0.15) is 6.10 Å². The molecular weight excluding hydrogens is 839 g/mol. The maximum absolute atomic E-state index is 13.3. The van der Waals surface area contributed by atoms with E-state index in [2.05, 4.69) is 123 Å². The van der Waals surface area contributed by atoms with Gasteiger partial charge in [-0.25, -0.2) is 0 Å². The molecule has 0 aromatic carbocycles. The Morgan fingerprint density at radius 3 is 1.26 bits per heavy atom. The van der Waals surface area contributed by atoms with Crippen molar-refractivity contribution >= 4 is 11.9 Å². The summed E-state index contributed by atoms with van der Waals surface area (Å²) < 4.78 is 5.92. The van der Waals surface area contributed by atoms with Gasteiger partial charge in [0, 0.05) is 6.42 Å². The lowest BCUT2D eigenvalue weighted by Crippen LogP contribution is -2.46. The van der Waals surface area contributed by atoms with Crippen molar-refractivity contribution in [1.82, 2.24) is 5.32 Å². The van der Waals surface area contributed by atoms with Crippen LogP contribution in [-0.4, -0.2) is 46.9 Å². The lowest BCUT2D eigenvalue weighted by molar-refractivity contribution is -0.151. The summed E-state index contributed by atoms with van der Waals surface area (Å²) >= 11 is 0. The summed E-state index contributed by atoms with van der Waals surface area (Å²) in [7, 11) is 0. The Morgan fingerprint density at radius 1 is 0.441 bits per heavy atom. The van der Waals surface area contributed by atoms with Crippen LogP contribution in [0.1, 0.15) is 258 Å². The van der Waals surface area contributed by atoms with Crippen molar-refractivity contribution in [2.24, 2.45) is 0 Å². The van der Waals surface area contributed by atoms with Crippen LogP contribution >= 0.6 is 0 Å². The van der Waals surface area contributed by atoms with Crippen molar-refractivity contribution in [3.8, 4) is 0 Å². The van der Waals surface area contributed by atoms with Crippen LogP contribution in [0.25, 0.3) is 0 Å². The Kier molecular flexibility index (Phi) is 52.1. The number of carbonyl (C=O) groups excluding carboxylic acids is 2. The molecule has 3 unspecified atom stereocenters. The summed E-state index contributed by atoms with van der Waals surface area (Å²) in [5.74, 6) is -0.558. The fourth-order valence-corrected chi connectivity index (χ4v) is 8.12. The van der Waals surface area contributed by atoms with Gasteiger partial charge in [0.05, 0.1) is 25.2 Å². The van der Waals surface area contributed by atoms with Crippen molar-refractivity contribution in [2.45, 2.75) is 277 Å². The number of carbonyl (C=O) groups is 2. The predicted molar refractivity (Wildman–Crippen MR) is 296 cm³/mol. The molecule has 0 aliphatic carbocycles. The van der Waals surface area contributed by atoms with Gasteiger partial charge in [-0.3, -0.25) is 9.59 Å². The third-order valence-corrected chi connectivity index (χ3v) is 12.4. The van der Waals surface area contributed by atoms with Crippen molar-refractivity contribution in [1.29, 1.82) is 0 Å². The largest absolute Gasteiger partial charge is 0.462 e. The number of allylic oxidation sites excluding steroid dienone is 16. The molecule has 0 rings (SSSR count). The molecule has 0 radical (unpaired) electrons. The van der Waals surface area contributed by atoms with E-state index in [1.165, 1.54) is 103 Å². The average molecular weight is 947 g/mol. The third-order valence-electron chi connectivity index (χ3n) is 12.4. The molecule has 0 aliphatic rings. The lowest BCUT2D eigenvalue weighted by atomic mass is 10.0. The van der Waals surface area contributed by atoms with E-state index in [4.69, 9.17) is 4.74 Å². The molecule has 390 valence electrons. The molecule has 0 saturated heterocycles. The molecule has 0 spiro atoms. The summed E-state index contributed by atoms with van der Waals surface area (Å²) in [6, 6.07) is -0.731. The highest BCUT2D eigenvalue weighted by Crippen LogP contribution is 2.17. The van der Waals surface area contributed by atoms with Gasteiger partial charge < -0.3 is 20.3 Å². The number of rotatable bonds is 50. The third kappa shape index (κ3) is 49.2. The Morgan fingerprint density at radius 2 is 0.809 bits per heavy atom. The molecule has 1 amide bonds. The van der Waals surface area contributed by atoms with Crippen LogP contribution < -0.4 is 5.32 Å². The molecule has 0 bridgehead atoms. The van der Waals surface area contributed by atoms with Crippen LogP contribution in [0.5, 0.6) is 0 Å². The number of amides is 1. The number of hydrogen-bond donors (Lipinski definition) is 3. The number of aliphatic hydroxyl groups excluding tert-OH is 2. The standard InChI is InChI=1S/C62H107NO5/c1-4-7-10-13-16-19-22-25-28-30-33-35-38-41-44-47-50-53-58(68-62(67)55-52-49-46-43-40-37-34-31-29-26-23-20-17-14-11-8-5-2)56-61(66)63-59(57-64)60(65)54-51-48-45-42-39-36-32-27-24-21-18-15-12-9-6-3/h7,10,16-17,19-20,25-26,28-29,33-35,37,41,44,58-60,64-65H,4-6,8-9,11-15,18,21-24,27,30-32,36,38-40,42-43,45-57H2,1-3H3,(H,63,66)/b10-7-,19-16-,20-17-,28-25-,29-26-,35-33-,37-34-,44-41-. The Bertz CT molecular complexity index is 1340. The molecule has 3 atom stereocenters. The van der Waals surface area contributed by atoms with Gasteiger partial charge in [-0.05, 0) is 103 Å². The van der Waals surface area contributed by atoms with Crippen LogP contribution in [0.4, 0.5) is 0 Å². The van der Waals surface area contributed by atoms with Gasteiger partial charge in [-0.2, -0.15) is 0 Å². The second-order valence-electron chi connectivity index (χ2n) is 19.0. The van der Waals surface area contributed by atoms with E-state index in [1.807, 2.05) is 0 Å². The molecule has 0 heterocycles. The SMILES string of the molecule is CC/C=C\C/C=C\C/C=C\C/C=C\C/C=C\CCCC(CC(=O)NC(CO)C(O)CCCCCCCCCCCCCCCCC)OC(=O)CCCCCC/C=C\C/C=C\C/C=C\CCCCC. The van der Waals surface area contributed by atoms with Gasteiger partial charge in [-0.15, -0.1) is 0 Å². The summed E-state index contributed by atoms with van der Waals surface area (Å²) in [5.41, 5.74) is 0. The molecule has 0 aromatic heterocycles. The van der Waals surface area contributed by atoms with Gasteiger partial charge in [0.2, 0.25) is 5.91 Å². The minimum atomic E-state index is -0.813. The molecule has 6 heteroatoms. The van der Waals surface area contributed by atoms with Gasteiger partial charge in [0.25, 0.3) is 0 Å². The van der Waals surface area contributed by atoms with Crippen LogP contribution in [0.2, 0.25) is 0 Å². The first-order valence-corrected chi connectivity index (χ1v) is 28.5. The van der Waals surface area contributed by atoms with E-state index in [9.17, 15) is 19.8 Å². The van der Waals surface area contributed by atoms with Gasteiger partial charge >= 0.3 is 5.97 Å². The summed E-state index contributed by atoms with van der Waals surface area (Å²) in [4.78, 5) is 26.3. The zero-order valence-corrected chi connectivity index (χ0v) is 44.5. The lowest BCUT2D eigenvalue weighted by Gasteiger charge is -2.24. The minimum absolute atomic E-state index is 0.0247. The number of unbranched alkanes of at least 4 members (excludes halogenated alkanes) is 22. The molecule has 0 saturated carbocycles. The van der Waals surface area contributed by atoms with E-state index < -0.39 is 18.2 Å². The highest BCUT2D eigenvalue weighted by atomic mass is 16.5. The second-order valence-corrected chi connectivity index (χ2v) is 19.0. The van der Waals surface area contributed by atoms with Crippen molar-refractivity contribution < 1.29 is 24.5 Å². The molecular formula is C62H107NO5. The maximum Gasteiger partial charge on any atom is 0.306 e. The van der Waals surface area contributed by atoms with E-state index in [-0.39, 0.29) is 24.9 Å². The molecule has 6 nitrogen and oxygen atoms in total. The Balaban J connectivity index is 4.72. The Hall–Kier alpha value is -3.22. The summed E-state index contributed by atoms with van der Waals surface area (Å²) in [5, 5.41) is 23.9. The number of ether oxygens (including phenoxy) is 1. The molecule has 0 fully saturated rings. The van der Waals surface area contributed by atoms with Gasteiger partial charge in [0.15, 0.2) is 0 Å². The fourth-order valence-electron chi connectivity index (χ4n) is 8.12. The quantitative estimate of drug-likeness (QED) is 0.0321. The van der Waals surface area contributed by atoms with Crippen LogP contribution in [0.15, 0.2) is 97.2 Å². The number of nitrogens with one attached hydrogen (secondary N) is 1. The zero-order chi connectivity index (χ0) is 49.5. The molecule has 0 aromatic rings. The van der Waals surface area contributed by atoms with Crippen LogP contribution in [-0.2, 0) is 14.3 Å². The fraction of sp³-hybridized carbons (Fsp3) is 0.710. The van der Waals surface area contributed by atoms with Crippen molar-refractivity contribution in [3.63, 3.8) is 0 Å². The average Bonchev–Trinajstić information content (AvgIpc) is 3.33. The predicted octanol–water partition coefficient (Wildman–Crippen LogP) is 17.7. The van der Waals surface area contributed by atoms with Gasteiger partial charge in [-0.1, -0.05) is 240 Å². The molecule has 0 aliphatic heterocycles. The zero-order valence-electron chi connectivity index (χ0n) is 44.5. The first-order chi connectivity index (χ1) is 33.5. The minimum Gasteiger partial charge on any atom is -0.462 e. The topological polar surface area (TPSA) is 95.9 Å². The highest BCUT2D eigenvalue weighted by Gasteiger charge is 2.24.